The van der Waals surface area contributed by atoms with E-state index >= 15 is 0 Å². The number of nitrogens with zero attached hydrogens (tertiary/aromatic N) is 4. The van der Waals surface area contributed by atoms with Crippen LogP contribution < -0.4 is 10.6 Å². The van der Waals surface area contributed by atoms with Gasteiger partial charge in [0.15, 0.2) is 0 Å². The Hall–Kier alpha value is -1.66. The van der Waals surface area contributed by atoms with Crippen LogP contribution >= 0.6 is 0 Å². The summed E-state index contributed by atoms with van der Waals surface area (Å²) in [6.07, 6.45) is 1.71. The van der Waals surface area contributed by atoms with Crippen LogP contribution in [0.15, 0.2) is 18.3 Å². The van der Waals surface area contributed by atoms with Crippen molar-refractivity contribution in [3.63, 3.8) is 0 Å². The van der Waals surface area contributed by atoms with Gasteiger partial charge < -0.3 is 15.5 Å². The van der Waals surface area contributed by atoms with Gasteiger partial charge in [0.2, 0.25) is 0 Å². The van der Waals surface area contributed by atoms with Crippen LogP contribution in [0.5, 0.6) is 0 Å². The van der Waals surface area contributed by atoms with E-state index in [1.807, 2.05) is 12.1 Å². The zero-order chi connectivity index (χ0) is 14.5. The van der Waals surface area contributed by atoms with Gasteiger partial charge in [-0.25, -0.2) is 0 Å². The van der Waals surface area contributed by atoms with E-state index in [0.29, 0.717) is 12.2 Å². The highest BCUT2D eigenvalue weighted by molar-refractivity contribution is 5.92. The number of nitrogens with two attached hydrogens (primary N) is 1. The predicted molar refractivity (Wildman–Crippen MR) is 80.0 cm³/mol. The molecule has 0 atom stereocenters. The molecule has 1 fully saturated rings. The molecule has 110 valence electrons. The van der Waals surface area contributed by atoms with Crippen molar-refractivity contribution in [3.8, 4) is 0 Å². The van der Waals surface area contributed by atoms with Crippen LogP contribution in [0.25, 0.3) is 0 Å². The van der Waals surface area contributed by atoms with Crippen LogP contribution in [0.3, 0.4) is 0 Å². The predicted octanol–water partition coefficient (Wildman–Crippen LogP) is -0.136. The first-order chi connectivity index (χ1) is 9.61. The SMILES string of the molecule is CN(C)C(=O)c1cc(N2CCN(CCN)CC2)ccn1. The van der Waals surface area contributed by atoms with Crippen LogP contribution in [0.1, 0.15) is 10.5 Å². The third kappa shape index (κ3) is 3.46. The molecule has 0 spiro atoms. The molecule has 2 N–H and O–H groups in total. The number of hydrogen-bond donors (Lipinski definition) is 1. The van der Waals surface area contributed by atoms with Gasteiger partial charge in [0.25, 0.3) is 5.91 Å². The number of hydrogen-bond acceptors (Lipinski definition) is 5. The monoisotopic (exact) mass is 277 g/mol. The van der Waals surface area contributed by atoms with Crippen molar-refractivity contribution >= 4 is 11.6 Å². The minimum absolute atomic E-state index is 0.0615. The smallest absolute Gasteiger partial charge is 0.272 e. The van der Waals surface area contributed by atoms with Crippen LogP contribution in [0.4, 0.5) is 5.69 Å². The molecule has 6 nitrogen and oxygen atoms in total. The lowest BCUT2D eigenvalue weighted by Crippen LogP contribution is -2.47. The molecule has 1 amide bonds. The number of rotatable bonds is 4. The molecule has 2 rings (SSSR count). The molecule has 2 heterocycles. The molecule has 1 aromatic heterocycles. The Morgan fingerprint density at radius 3 is 2.65 bits per heavy atom. The average molecular weight is 277 g/mol. The highest BCUT2D eigenvalue weighted by Gasteiger charge is 2.18. The van der Waals surface area contributed by atoms with Gasteiger partial charge >= 0.3 is 0 Å². The maximum absolute atomic E-state index is 11.9. The molecule has 0 saturated carbocycles. The molecular formula is C14H23N5O. The van der Waals surface area contributed by atoms with Crippen molar-refractivity contribution in [1.82, 2.24) is 14.8 Å². The quantitative estimate of drug-likeness (QED) is 0.830. The second kappa shape index (κ2) is 6.67. The summed E-state index contributed by atoms with van der Waals surface area (Å²) >= 11 is 0. The van der Waals surface area contributed by atoms with E-state index in [9.17, 15) is 4.79 Å². The van der Waals surface area contributed by atoms with Crippen LogP contribution in [-0.2, 0) is 0 Å². The first-order valence-electron chi connectivity index (χ1n) is 6.97. The summed E-state index contributed by atoms with van der Waals surface area (Å²) in [6.45, 7) is 5.59. The lowest BCUT2D eigenvalue weighted by atomic mass is 10.2. The minimum atomic E-state index is -0.0615. The largest absolute Gasteiger partial charge is 0.369 e. The normalized spacial score (nSPS) is 16.2. The Morgan fingerprint density at radius 1 is 1.35 bits per heavy atom. The van der Waals surface area contributed by atoms with Crippen molar-refractivity contribution in [1.29, 1.82) is 0 Å². The molecule has 0 unspecified atom stereocenters. The van der Waals surface area contributed by atoms with Gasteiger partial charge in [-0.05, 0) is 12.1 Å². The van der Waals surface area contributed by atoms with Gasteiger partial charge in [-0.1, -0.05) is 0 Å². The number of anilines is 1. The van der Waals surface area contributed by atoms with Gasteiger partial charge in [0, 0.05) is 65.2 Å². The fourth-order valence-corrected chi connectivity index (χ4v) is 2.37. The molecule has 20 heavy (non-hydrogen) atoms. The third-order valence-electron chi connectivity index (χ3n) is 3.55. The molecular weight excluding hydrogens is 254 g/mol. The number of carbonyl (C=O) groups is 1. The Kier molecular flexibility index (Phi) is 4.92. The highest BCUT2D eigenvalue weighted by Crippen LogP contribution is 2.17. The molecule has 1 aromatic rings. The van der Waals surface area contributed by atoms with Crippen LogP contribution in [-0.4, -0.2) is 74.1 Å². The Morgan fingerprint density at radius 2 is 2.05 bits per heavy atom. The van der Waals surface area contributed by atoms with Gasteiger partial charge in [-0.3, -0.25) is 14.7 Å². The Labute approximate surface area is 120 Å². The van der Waals surface area contributed by atoms with Crippen molar-refractivity contribution < 1.29 is 4.79 Å². The van der Waals surface area contributed by atoms with E-state index in [1.165, 1.54) is 0 Å². The second-order valence-corrected chi connectivity index (χ2v) is 5.22. The van der Waals surface area contributed by atoms with E-state index in [1.54, 1.807) is 25.2 Å². The van der Waals surface area contributed by atoms with E-state index in [-0.39, 0.29) is 5.91 Å². The van der Waals surface area contributed by atoms with Gasteiger partial charge in [-0.2, -0.15) is 0 Å². The molecule has 0 radical (unpaired) electrons. The van der Waals surface area contributed by atoms with E-state index in [2.05, 4.69) is 14.8 Å². The van der Waals surface area contributed by atoms with E-state index in [0.717, 1.165) is 38.4 Å². The molecule has 0 bridgehead atoms. The summed E-state index contributed by atoms with van der Waals surface area (Å²) in [5.74, 6) is -0.0615. The third-order valence-corrected chi connectivity index (χ3v) is 3.55. The summed E-state index contributed by atoms with van der Waals surface area (Å²) in [7, 11) is 3.48. The Balaban J connectivity index is 2.03. The van der Waals surface area contributed by atoms with Crippen LogP contribution in [0.2, 0.25) is 0 Å². The maximum Gasteiger partial charge on any atom is 0.272 e. The lowest BCUT2D eigenvalue weighted by molar-refractivity contribution is 0.0822. The summed E-state index contributed by atoms with van der Waals surface area (Å²) in [6, 6.07) is 3.84. The first-order valence-corrected chi connectivity index (χ1v) is 6.97. The average Bonchev–Trinajstić information content (AvgIpc) is 2.47. The molecule has 0 aliphatic carbocycles. The summed E-state index contributed by atoms with van der Waals surface area (Å²) < 4.78 is 0. The number of carbonyl (C=O) groups excluding carboxylic acids is 1. The van der Waals surface area contributed by atoms with Crippen molar-refractivity contribution in [3.05, 3.63) is 24.0 Å². The standard InChI is InChI=1S/C14H23N5O/c1-17(2)14(20)13-11-12(3-5-16-13)19-9-7-18(6-4-15)8-10-19/h3,5,11H,4,6-10,15H2,1-2H3. The number of amides is 1. The summed E-state index contributed by atoms with van der Waals surface area (Å²) in [4.78, 5) is 22.3. The topological polar surface area (TPSA) is 65.7 Å². The molecule has 0 aromatic carbocycles. The zero-order valence-corrected chi connectivity index (χ0v) is 12.2. The maximum atomic E-state index is 11.9. The molecule has 6 heteroatoms. The van der Waals surface area contributed by atoms with Crippen molar-refractivity contribution in [2.45, 2.75) is 0 Å². The van der Waals surface area contributed by atoms with Crippen LogP contribution in [0, 0.1) is 0 Å². The molecule has 1 saturated heterocycles. The van der Waals surface area contributed by atoms with E-state index in [4.69, 9.17) is 5.73 Å². The molecule has 1 aliphatic rings. The van der Waals surface area contributed by atoms with Crippen molar-refractivity contribution in [2.75, 3.05) is 58.3 Å². The lowest BCUT2D eigenvalue weighted by Gasteiger charge is -2.36. The minimum Gasteiger partial charge on any atom is -0.369 e. The number of pyridine rings is 1. The molecule has 1 aliphatic heterocycles. The fraction of sp³-hybridized carbons (Fsp3) is 0.571. The number of piperazine rings is 1. The number of aromatic nitrogens is 1. The zero-order valence-electron chi connectivity index (χ0n) is 12.2. The fourth-order valence-electron chi connectivity index (χ4n) is 2.37. The first kappa shape index (κ1) is 14.7. The summed E-state index contributed by atoms with van der Waals surface area (Å²) in [5.41, 5.74) is 7.15. The van der Waals surface area contributed by atoms with Gasteiger partial charge in [0.1, 0.15) is 5.69 Å². The highest BCUT2D eigenvalue weighted by atomic mass is 16.2. The van der Waals surface area contributed by atoms with Gasteiger partial charge in [-0.15, -0.1) is 0 Å². The Bertz CT molecular complexity index is 455. The second-order valence-electron chi connectivity index (χ2n) is 5.22. The summed E-state index contributed by atoms with van der Waals surface area (Å²) in [5, 5.41) is 0. The van der Waals surface area contributed by atoms with Gasteiger partial charge in [0.05, 0.1) is 0 Å². The van der Waals surface area contributed by atoms with Crippen molar-refractivity contribution in [2.24, 2.45) is 5.73 Å². The van der Waals surface area contributed by atoms with E-state index < -0.39 is 0 Å².